The van der Waals surface area contributed by atoms with Gasteiger partial charge in [0, 0.05) is 6.54 Å². The quantitative estimate of drug-likeness (QED) is 0.681. The number of rotatable bonds is 4. The Bertz CT molecular complexity index is 513. The maximum Gasteiger partial charge on any atom is 0.407 e. The van der Waals surface area contributed by atoms with Crippen molar-refractivity contribution in [2.75, 3.05) is 6.54 Å². The molecule has 2 unspecified atom stereocenters. The van der Waals surface area contributed by atoms with Crippen LogP contribution >= 0.6 is 0 Å². The first-order valence-corrected chi connectivity index (χ1v) is 7.14. The van der Waals surface area contributed by atoms with E-state index in [0.717, 1.165) is 0 Å². The summed E-state index contributed by atoms with van der Waals surface area (Å²) in [6, 6.07) is 3.03. The first kappa shape index (κ1) is 18.3. The van der Waals surface area contributed by atoms with Crippen molar-refractivity contribution in [3.63, 3.8) is 0 Å². The summed E-state index contributed by atoms with van der Waals surface area (Å²) in [7, 11) is 0. The molecule has 0 spiro atoms. The van der Waals surface area contributed by atoms with Crippen LogP contribution in [-0.2, 0) is 4.74 Å². The lowest BCUT2D eigenvalue weighted by atomic mass is 9.94. The van der Waals surface area contributed by atoms with Crippen molar-refractivity contribution in [1.82, 2.24) is 5.32 Å². The van der Waals surface area contributed by atoms with Gasteiger partial charge in [0.1, 0.15) is 23.6 Å². The van der Waals surface area contributed by atoms with Gasteiger partial charge in [0.15, 0.2) is 0 Å². The van der Waals surface area contributed by atoms with Gasteiger partial charge in [-0.05, 0) is 63.4 Å². The minimum Gasteiger partial charge on any atom is -0.508 e. The van der Waals surface area contributed by atoms with E-state index < -0.39 is 23.9 Å². The van der Waals surface area contributed by atoms with E-state index in [2.05, 4.69) is 5.32 Å². The smallest absolute Gasteiger partial charge is 0.407 e. The maximum atomic E-state index is 11.5. The number of carbonyl (C=O) groups is 1. The first-order chi connectivity index (χ1) is 10.0. The van der Waals surface area contributed by atoms with Crippen LogP contribution in [0.2, 0.25) is 0 Å². The minimum absolute atomic E-state index is 0.104. The normalized spacial score (nSPS) is 14.3. The molecular formula is C16H25NO5. The molecule has 1 aromatic carbocycles. The van der Waals surface area contributed by atoms with Crippen LogP contribution in [0.4, 0.5) is 4.79 Å². The molecule has 0 saturated carbocycles. The molecule has 2 atom stereocenters. The number of benzene rings is 1. The third-order valence-electron chi connectivity index (χ3n) is 3.09. The molecule has 1 rings (SSSR count). The highest BCUT2D eigenvalue weighted by Crippen LogP contribution is 2.28. The van der Waals surface area contributed by atoms with E-state index in [0.29, 0.717) is 16.7 Å². The third-order valence-corrected chi connectivity index (χ3v) is 3.09. The van der Waals surface area contributed by atoms with E-state index in [1.54, 1.807) is 34.6 Å². The molecule has 6 heteroatoms. The molecular weight excluding hydrogens is 286 g/mol. The lowest BCUT2D eigenvalue weighted by Gasteiger charge is -2.24. The zero-order valence-electron chi connectivity index (χ0n) is 13.7. The summed E-state index contributed by atoms with van der Waals surface area (Å²) in [6.45, 7) is 8.54. The number of aromatic hydroxyl groups is 1. The number of hydrogen-bond acceptors (Lipinski definition) is 5. The maximum absolute atomic E-state index is 11.5. The zero-order chi connectivity index (χ0) is 17.1. The number of aliphatic hydroxyl groups excluding tert-OH is 2. The van der Waals surface area contributed by atoms with Gasteiger partial charge in [-0.1, -0.05) is 0 Å². The van der Waals surface area contributed by atoms with Crippen molar-refractivity contribution in [2.24, 2.45) is 0 Å². The molecule has 0 bridgehead atoms. The van der Waals surface area contributed by atoms with Gasteiger partial charge in [0.25, 0.3) is 0 Å². The summed E-state index contributed by atoms with van der Waals surface area (Å²) in [6.07, 6.45) is -3.01. The van der Waals surface area contributed by atoms with Gasteiger partial charge in [-0.3, -0.25) is 0 Å². The molecule has 1 amide bonds. The fourth-order valence-electron chi connectivity index (χ4n) is 2.22. The largest absolute Gasteiger partial charge is 0.508 e. The van der Waals surface area contributed by atoms with Crippen LogP contribution in [0.1, 0.15) is 43.6 Å². The molecule has 0 fully saturated rings. The predicted octanol–water partition coefficient (Wildman–Crippen LogP) is 1.93. The molecule has 1 aromatic rings. The van der Waals surface area contributed by atoms with Gasteiger partial charge in [0.2, 0.25) is 0 Å². The minimum atomic E-state index is -1.19. The lowest BCUT2D eigenvalue weighted by Crippen LogP contribution is -2.39. The Morgan fingerprint density at radius 3 is 2.18 bits per heavy atom. The second-order valence-corrected chi connectivity index (χ2v) is 6.39. The third kappa shape index (κ3) is 5.20. The van der Waals surface area contributed by atoms with Crippen molar-refractivity contribution >= 4 is 6.09 Å². The molecule has 0 aliphatic rings. The number of aliphatic hydroxyl groups is 2. The highest BCUT2D eigenvalue weighted by atomic mass is 16.6. The molecule has 4 N–H and O–H groups in total. The summed E-state index contributed by atoms with van der Waals surface area (Å²) in [5.41, 5.74) is 1.25. The number of ether oxygens (including phenoxy) is 1. The van der Waals surface area contributed by atoms with Gasteiger partial charge in [-0.2, -0.15) is 0 Å². The molecule has 22 heavy (non-hydrogen) atoms. The van der Waals surface area contributed by atoms with Crippen LogP contribution < -0.4 is 5.32 Å². The number of amides is 1. The average Bonchev–Trinajstić information content (AvgIpc) is 2.32. The van der Waals surface area contributed by atoms with Crippen LogP contribution in [0.25, 0.3) is 0 Å². The molecule has 124 valence electrons. The Morgan fingerprint density at radius 1 is 1.23 bits per heavy atom. The Morgan fingerprint density at radius 2 is 1.73 bits per heavy atom. The first-order valence-electron chi connectivity index (χ1n) is 7.14. The number of alkyl carbamates (subject to hydrolysis) is 1. The van der Waals surface area contributed by atoms with Gasteiger partial charge in [0.05, 0.1) is 0 Å². The summed E-state index contributed by atoms with van der Waals surface area (Å²) in [5, 5.41) is 32.2. The van der Waals surface area contributed by atoms with E-state index in [-0.39, 0.29) is 12.3 Å². The number of phenolic OH excluding ortho intramolecular Hbond substituents is 1. The van der Waals surface area contributed by atoms with Gasteiger partial charge >= 0.3 is 6.09 Å². The van der Waals surface area contributed by atoms with Crippen molar-refractivity contribution in [1.29, 1.82) is 0 Å². The molecule has 6 nitrogen and oxygen atoms in total. The fraction of sp³-hybridized carbons (Fsp3) is 0.562. The summed E-state index contributed by atoms with van der Waals surface area (Å²) in [4.78, 5) is 11.5. The average molecular weight is 311 g/mol. The van der Waals surface area contributed by atoms with Gasteiger partial charge in [-0.25, -0.2) is 4.79 Å². The Balaban J connectivity index is 2.70. The topological polar surface area (TPSA) is 99.0 Å². The number of aryl methyl sites for hydroxylation is 2. The summed E-state index contributed by atoms with van der Waals surface area (Å²) in [5.74, 6) is 0.104. The monoisotopic (exact) mass is 311 g/mol. The molecule has 0 saturated heterocycles. The number of nitrogens with one attached hydrogen (secondary N) is 1. The summed E-state index contributed by atoms with van der Waals surface area (Å²) < 4.78 is 5.06. The SMILES string of the molecule is Cc1cc(O)cc(C)c1C(O)C(O)CNC(=O)OC(C)(C)C. The van der Waals surface area contributed by atoms with E-state index in [1.165, 1.54) is 12.1 Å². The number of hydrogen-bond donors (Lipinski definition) is 4. The fourth-order valence-corrected chi connectivity index (χ4v) is 2.22. The van der Waals surface area contributed by atoms with Gasteiger partial charge in [-0.15, -0.1) is 0 Å². The van der Waals surface area contributed by atoms with Crippen molar-refractivity contribution in [3.05, 3.63) is 28.8 Å². The van der Waals surface area contributed by atoms with Crippen LogP contribution in [0, 0.1) is 13.8 Å². The number of phenols is 1. The molecule has 0 aliphatic carbocycles. The van der Waals surface area contributed by atoms with Crippen LogP contribution in [0.3, 0.4) is 0 Å². The summed E-state index contributed by atoms with van der Waals surface area (Å²) >= 11 is 0. The second kappa shape index (κ2) is 6.98. The highest BCUT2D eigenvalue weighted by Gasteiger charge is 2.24. The molecule has 0 aliphatic heterocycles. The lowest BCUT2D eigenvalue weighted by molar-refractivity contribution is 0.0123. The van der Waals surface area contributed by atoms with E-state index in [4.69, 9.17) is 4.74 Å². The molecule has 0 aromatic heterocycles. The Labute approximate surface area is 130 Å². The Kier molecular flexibility index (Phi) is 5.79. The van der Waals surface area contributed by atoms with Crippen LogP contribution in [0.5, 0.6) is 5.75 Å². The van der Waals surface area contributed by atoms with Crippen molar-refractivity contribution < 1.29 is 24.9 Å². The predicted molar refractivity (Wildman–Crippen MR) is 82.8 cm³/mol. The molecule has 0 radical (unpaired) electrons. The van der Waals surface area contributed by atoms with E-state index in [9.17, 15) is 20.1 Å². The van der Waals surface area contributed by atoms with E-state index >= 15 is 0 Å². The standard InChI is InChI=1S/C16H25NO5/c1-9-6-11(18)7-10(2)13(9)14(20)12(19)8-17-15(21)22-16(3,4)5/h6-7,12,14,18-20H,8H2,1-5H3,(H,17,21). The second-order valence-electron chi connectivity index (χ2n) is 6.39. The van der Waals surface area contributed by atoms with E-state index in [1.807, 2.05) is 0 Å². The number of carbonyl (C=O) groups excluding carboxylic acids is 1. The Hall–Kier alpha value is -1.79. The molecule has 0 heterocycles. The van der Waals surface area contributed by atoms with Crippen LogP contribution in [0.15, 0.2) is 12.1 Å². The highest BCUT2D eigenvalue weighted by molar-refractivity contribution is 5.67. The zero-order valence-corrected chi connectivity index (χ0v) is 13.7. The van der Waals surface area contributed by atoms with Crippen molar-refractivity contribution in [2.45, 2.75) is 52.4 Å². The van der Waals surface area contributed by atoms with Crippen molar-refractivity contribution in [3.8, 4) is 5.75 Å². The van der Waals surface area contributed by atoms with Crippen LogP contribution in [-0.4, -0.2) is 39.7 Å². The van der Waals surface area contributed by atoms with Gasteiger partial charge < -0.3 is 25.4 Å².